The van der Waals surface area contributed by atoms with Crippen molar-refractivity contribution in [1.82, 2.24) is 10.2 Å². The predicted octanol–water partition coefficient (Wildman–Crippen LogP) is 3.74. The molecule has 1 saturated heterocycles. The standard InChI is InChI=1S/C21H27N3OS/c1-16-7-6-10-19(15-16)23-21(26)22-17(2)20(18-8-4-3-5-9-18)24-11-13-25-14-12-24/h3-10,15,17,20H,11-14H2,1-2H3,(H2,22,23,26)/t17-,20+/m1/s1. The Morgan fingerprint density at radius 2 is 1.81 bits per heavy atom. The number of ether oxygens (including phenoxy) is 1. The Kier molecular flexibility index (Phi) is 6.61. The number of rotatable bonds is 5. The van der Waals surface area contributed by atoms with Crippen LogP contribution < -0.4 is 10.6 Å². The van der Waals surface area contributed by atoms with Crippen molar-refractivity contribution in [3.63, 3.8) is 0 Å². The minimum atomic E-state index is 0.167. The molecule has 0 amide bonds. The van der Waals surface area contributed by atoms with E-state index in [1.807, 2.05) is 12.1 Å². The van der Waals surface area contributed by atoms with Crippen LogP contribution in [-0.2, 0) is 4.74 Å². The minimum absolute atomic E-state index is 0.167. The lowest BCUT2D eigenvalue weighted by Gasteiger charge is -2.38. The van der Waals surface area contributed by atoms with Crippen LogP contribution in [0.2, 0.25) is 0 Å². The van der Waals surface area contributed by atoms with Gasteiger partial charge in [-0.1, -0.05) is 42.5 Å². The molecule has 0 bridgehead atoms. The van der Waals surface area contributed by atoms with E-state index in [-0.39, 0.29) is 12.1 Å². The highest BCUT2D eigenvalue weighted by atomic mass is 32.1. The van der Waals surface area contributed by atoms with Crippen molar-refractivity contribution < 1.29 is 4.74 Å². The lowest BCUT2D eigenvalue weighted by atomic mass is 9.98. The zero-order valence-corrected chi connectivity index (χ0v) is 16.3. The van der Waals surface area contributed by atoms with Gasteiger partial charge in [0.25, 0.3) is 0 Å². The lowest BCUT2D eigenvalue weighted by Crippen LogP contribution is -2.49. The van der Waals surface area contributed by atoms with Crippen molar-refractivity contribution in [3.05, 3.63) is 65.7 Å². The number of nitrogens with zero attached hydrogens (tertiary/aromatic N) is 1. The average molecular weight is 370 g/mol. The zero-order chi connectivity index (χ0) is 18.4. The average Bonchev–Trinajstić information content (AvgIpc) is 2.63. The van der Waals surface area contributed by atoms with E-state index in [2.05, 4.69) is 71.8 Å². The highest BCUT2D eigenvalue weighted by Crippen LogP contribution is 2.25. The summed E-state index contributed by atoms with van der Waals surface area (Å²) >= 11 is 5.56. The summed E-state index contributed by atoms with van der Waals surface area (Å²) in [6.07, 6.45) is 0. The third kappa shape index (κ3) is 5.04. The molecule has 2 N–H and O–H groups in total. The van der Waals surface area contributed by atoms with Gasteiger partial charge in [-0.2, -0.15) is 0 Å². The van der Waals surface area contributed by atoms with Gasteiger partial charge in [0.2, 0.25) is 0 Å². The molecule has 3 rings (SSSR count). The van der Waals surface area contributed by atoms with Gasteiger partial charge in [0, 0.05) is 24.8 Å². The number of nitrogens with one attached hydrogen (secondary N) is 2. The minimum Gasteiger partial charge on any atom is -0.379 e. The van der Waals surface area contributed by atoms with Crippen molar-refractivity contribution in [3.8, 4) is 0 Å². The van der Waals surface area contributed by atoms with Gasteiger partial charge in [0.05, 0.1) is 19.3 Å². The molecule has 0 saturated carbocycles. The fourth-order valence-corrected chi connectivity index (χ4v) is 3.80. The SMILES string of the molecule is Cc1cccc(NC(=S)N[C@H](C)[C@@H](c2ccccc2)N2CCOCC2)c1. The predicted molar refractivity (Wildman–Crippen MR) is 112 cm³/mol. The number of hydrogen-bond donors (Lipinski definition) is 2. The largest absolute Gasteiger partial charge is 0.379 e. The van der Waals surface area contributed by atoms with Crippen LogP contribution in [0.15, 0.2) is 54.6 Å². The Hall–Kier alpha value is -1.95. The van der Waals surface area contributed by atoms with Crippen LogP contribution in [0.5, 0.6) is 0 Å². The summed E-state index contributed by atoms with van der Waals surface area (Å²) < 4.78 is 5.54. The smallest absolute Gasteiger partial charge is 0.171 e. The molecule has 2 atom stereocenters. The molecule has 0 aromatic heterocycles. The Bertz CT molecular complexity index is 716. The maximum atomic E-state index is 5.56. The van der Waals surface area contributed by atoms with Crippen LogP contribution in [-0.4, -0.2) is 42.4 Å². The summed E-state index contributed by atoms with van der Waals surface area (Å²) in [5, 5.41) is 7.43. The van der Waals surface area contributed by atoms with Crippen molar-refractivity contribution in [2.75, 3.05) is 31.6 Å². The molecule has 0 unspecified atom stereocenters. The molecular formula is C21H27N3OS. The number of anilines is 1. The molecule has 4 nitrogen and oxygen atoms in total. The summed E-state index contributed by atoms with van der Waals surface area (Å²) in [6.45, 7) is 7.70. The summed E-state index contributed by atoms with van der Waals surface area (Å²) in [5.41, 5.74) is 3.52. The number of thiocarbonyl (C=S) groups is 1. The first-order valence-corrected chi connectivity index (χ1v) is 9.55. The first-order chi connectivity index (χ1) is 12.6. The van der Waals surface area contributed by atoms with Crippen LogP contribution in [0.3, 0.4) is 0 Å². The molecule has 2 aromatic carbocycles. The van der Waals surface area contributed by atoms with E-state index in [9.17, 15) is 0 Å². The summed E-state index contributed by atoms with van der Waals surface area (Å²) in [5.74, 6) is 0. The van der Waals surface area contributed by atoms with Crippen molar-refractivity contribution >= 4 is 23.0 Å². The molecule has 0 radical (unpaired) electrons. The molecule has 1 fully saturated rings. The number of hydrogen-bond acceptors (Lipinski definition) is 3. The van der Waals surface area contributed by atoms with Gasteiger partial charge in [-0.3, -0.25) is 4.90 Å². The van der Waals surface area contributed by atoms with E-state index in [1.165, 1.54) is 11.1 Å². The van der Waals surface area contributed by atoms with Gasteiger partial charge in [0.1, 0.15) is 0 Å². The Morgan fingerprint density at radius 3 is 2.50 bits per heavy atom. The highest BCUT2D eigenvalue weighted by Gasteiger charge is 2.28. The first-order valence-electron chi connectivity index (χ1n) is 9.14. The maximum Gasteiger partial charge on any atom is 0.171 e. The molecule has 5 heteroatoms. The molecule has 1 aliphatic rings. The maximum absolute atomic E-state index is 5.56. The van der Waals surface area contributed by atoms with E-state index in [4.69, 9.17) is 17.0 Å². The third-order valence-corrected chi connectivity index (χ3v) is 4.91. The van der Waals surface area contributed by atoms with Crippen molar-refractivity contribution in [1.29, 1.82) is 0 Å². The fourth-order valence-electron chi connectivity index (χ4n) is 3.50. The zero-order valence-electron chi connectivity index (χ0n) is 15.4. The first kappa shape index (κ1) is 18.8. The molecular weight excluding hydrogens is 342 g/mol. The second-order valence-corrected chi connectivity index (χ2v) is 7.17. The van der Waals surface area contributed by atoms with Crippen LogP contribution in [0.4, 0.5) is 5.69 Å². The van der Waals surface area contributed by atoms with Crippen LogP contribution >= 0.6 is 12.2 Å². The van der Waals surface area contributed by atoms with Gasteiger partial charge in [0.15, 0.2) is 5.11 Å². The lowest BCUT2D eigenvalue weighted by molar-refractivity contribution is 0.0102. The van der Waals surface area contributed by atoms with Crippen LogP contribution in [0, 0.1) is 6.92 Å². The van der Waals surface area contributed by atoms with E-state index < -0.39 is 0 Å². The molecule has 2 aromatic rings. The Balaban J connectivity index is 1.70. The van der Waals surface area contributed by atoms with E-state index in [0.717, 1.165) is 32.0 Å². The number of benzene rings is 2. The molecule has 0 aliphatic carbocycles. The molecule has 26 heavy (non-hydrogen) atoms. The van der Waals surface area contributed by atoms with Crippen molar-refractivity contribution in [2.45, 2.75) is 25.9 Å². The van der Waals surface area contributed by atoms with Crippen LogP contribution in [0.25, 0.3) is 0 Å². The van der Waals surface area contributed by atoms with Gasteiger partial charge in [-0.05, 0) is 49.3 Å². The highest BCUT2D eigenvalue weighted by molar-refractivity contribution is 7.80. The van der Waals surface area contributed by atoms with Gasteiger partial charge in [-0.15, -0.1) is 0 Å². The number of morpholine rings is 1. The van der Waals surface area contributed by atoms with E-state index >= 15 is 0 Å². The molecule has 0 spiro atoms. The van der Waals surface area contributed by atoms with Crippen LogP contribution in [0.1, 0.15) is 24.1 Å². The molecule has 138 valence electrons. The topological polar surface area (TPSA) is 36.5 Å². The summed E-state index contributed by atoms with van der Waals surface area (Å²) in [6, 6.07) is 19.3. The quantitative estimate of drug-likeness (QED) is 0.785. The normalized spacial score (nSPS) is 17.3. The molecule has 1 heterocycles. The second-order valence-electron chi connectivity index (χ2n) is 6.76. The Labute approximate surface area is 161 Å². The fraction of sp³-hybridized carbons (Fsp3) is 0.381. The summed E-state index contributed by atoms with van der Waals surface area (Å²) in [4.78, 5) is 2.48. The van der Waals surface area contributed by atoms with Gasteiger partial charge >= 0.3 is 0 Å². The van der Waals surface area contributed by atoms with Gasteiger partial charge in [-0.25, -0.2) is 0 Å². The molecule has 1 aliphatic heterocycles. The monoisotopic (exact) mass is 369 g/mol. The second kappa shape index (κ2) is 9.12. The number of aryl methyl sites for hydroxylation is 1. The van der Waals surface area contributed by atoms with Crippen molar-refractivity contribution in [2.24, 2.45) is 0 Å². The van der Waals surface area contributed by atoms with Gasteiger partial charge < -0.3 is 15.4 Å². The summed E-state index contributed by atoms with van der Waals surface area (Å²) in [7, 11) is 0. The third-order valence-electron chi connectivity index (χ3n) is 4.69. The van der Waals surface area contributed by atoms with E-state index in [1.54, 1.807) is 0 Å². The Morgan fingerprint density at radius 1 is 1.08 bits per heavy atom. The van der Waals surface area contributed by atoms with E-state index in [0.29, 0.717) is 5.11 Å².